The van der Waals surface area contributed by atoms with Crippen LogP contribution in [0.5, 0.6) is 0 Å². The second-order valence-electron chi connectivity index (χ2n) is 4.62. The van der Waals surface area contributed by atoms with Crippen LogP contribution in [-0.2, 0) is 0 Å². The average Bonchev–Trinajstić information content (AvgIpc) is 2.34. The van der Waals surface area contributed by atoms with Gasteiger partial charge in [0.25, 0.3) is 0 Å². The van der Waals surface area contributed by atoms with E-state index in [1.165, 1.54) is 0 Å². The number of fused-ring (bicyclic) bond motifs is 1. The Bertz CT molecular complexity index is 686. The molecular formula is C14H9Br2NO2. The number of allylic oxidation sites excluding steroid dienone is 2. The maximum atomic E-state index is 12.6. The van der Waals surface area contributed by atoms with Gasteiger partial charge in [0.05, 0.1) is 0 Å². The SMILES string of the molecule is NC1(Br)CC(Br)=CC2=C1C(=O)c1ccccc1C2=O. The molecule has 1 aromatic carbocycles. The number of rotatable bonds is 0. The van der Waals surface area contributed by atoms with Crippen LogP contribution in [-0.4, -0.2) is 16.0 Å². The standard InChI is InChI=1S/C14H9Br2NO2/c15-7-5-10-11(14(16,17)6-7)13(19)9-4-2-1-3-8(9)12(10)18/h1-5H,6,17H2. The highest BCUT2D eigenvalue weighted by Crippen LogP contribution is 2.43. The van der Waals surface area contributed by atoms with Crippen molar-refractivity contribution in [2.75, 3.05) is 0 Å². The summed E-state index contributed by atoms with van der Waals surface area (Å²) in [6.45, 7) is 0. The third kappa shape index (κ3) is 1.88. The van der Waals surface area contributed by atoms with E-state index in [0.717, 1.165) is 4.48 Å². The van der Waals surface area contributed by atoms with Crippen LogP contribution in [0.2, 0.25) is 0 Å². The van der Waals surface area contributed by atoms with E-state index in [0.29, 0.717) is 28.7 Å². The molecule has 1 aromatic rings. The fraction of sp³-hybridized carbons (Fsp3) is 0.143. The summed E-state index contributed by atoms with van der Waals surface area (Å²) in [4.78, 5) is 25.0. The Labute approximate surface area is 126 Å². The molecule has 0 saturated heterocycles. The smallest absolute Gasteiger partial charge is 0.194 e. The third-order valence-electron chi connectivity index (χ3n) is 3.30. The van der Waals surface area contributed by atoms with Crippen LogP contribution in [0.25, 0.3) is 0 Å². The molecule has 0 radical (unpaired) electrons. The molecule has 1 atom stereocenters. The van der Waals surface area contributed by atoms with E-state index in [-0.39, 0.29) is 11.6 Å². The Morgan fingerprint density at radius 3 is 2.32 bits per heavy atom. The molecule has 0 amide bonds. The molecule has 19 heavy (non-hydrogen) atoms. The van der Waals surface area contributed by atoms with E-state index in [2.05, 4.69) is 31.9 Å². The van der Waals surface area contributed by atoms with Crippen LogP contribution in [0.15, 0.2) is 46.0 Å². The maximum Gasteiger partial charge on any atom is 0.194 e. The first-order valence-electron chi connectivity index (χ1n) is 5.69. The molecule has 5 heteroatoms. The Kier molecular flexibility index (Phi) is 2.89. The normalized spacial score (nSPS) is 25.9. The van der Waals surface area contributed by atoms with Crippen molar-refractivity contribution >= 4 is 43.4 Å². The zero-order valence-corrected chi connectivity index (χ0v) is 12.9. The zero-order valence-electron chi connectivity index (χ0n) is 9.74. The molecule has 2 aliphatic carbocycles. The molecule has 2 aliphatic rings. The summed E-state index contributed by atoms with van der Waals surface area (Å²) in [5.74, 6) is -0.336. The number of benzene rings is 1. The van der Waals surface area contributed by atoms with Gasteiger partial charge in [0, 0.05) is 28.7 Å². The molecule has 0 aliphatic heterocycles. The minimum absolute atomic E-state index is 0.156. The van der Waals surface area contributed by atoms with Gasteiger partial charge in [-0.05, 0) is 10.6 Å². The van der Waals surface area contributed by atoms with Gasteiger partial charge in [-0.3, -0.25) is 9.59 Å². The fourth-order valence-electron chi connectivity index (χ4n) is 2.49. The molecule has 0 heterocycles. The summed E-state index contributed by atoms with van der Waals surface area (Å²) in [6, 6.07) is 6.83. The molecule has 96 valence electrons. The van der Waals surface area contributed by atoms with Crippen molar-refractivity contribution in [3.05, 3.63) is 57.1 Å². The van der Waals surface area contributed by atoms with Crippen LogP contribution in [0.4, 0.5) is 0 Å². The minimum Gasteiger partial charge on any atom is -0.312 e. The van der Waals surface area contributed by atoms with Crippen molar-refractivity contribution in [3.63, 3.8) is 0 Å². The monoisotopic (exact) mass is 381 g/mol. The lowest BCUT2D eigenvalue weighted by Crippen LogP contribution is -2.43. The van der Waals surface area contributed by atoms with Crippen molar-refractivity contribution < 1.29 is 9.59 Å². The van der Waals surface area contributed by atoms with E-state index >= 15 is 0 Å². The fourth-order valence-corrected chi connectivity index (χ4v) is 4.23. The van der Waals surface area contributed by atoms with Crippen molar-refractivity contribution in [3.8, 4) is 0 Å². The Morgan fingerprint density at radius 1 is 1.11 bits per heavy atom. The first-order chi connectivity index (χ1) is 8.92. The molecular weight excluding hydrogens is 374 g/mol. The third-order valence-corrected chi connectivity index (χ3v) is 4.49. The number of carbonyl (C=O) groups is 2. The quantitative estimate of drug-likeness (QED) is 0.554. The molecule has 0 aromatic heterocycles. The number of hydrogen-bond acceptors (Lipinski definition) is 3. The molecule has 2 N–H and O–H groups in total. The van der Waals surface area contributed by atoms with Gasteiger partial charge in [-0.15, -0.1) is 0 Å². The van der Waals surface area contributed by atoms with Gasteiger partial charge in [-0.25, -0.2) is 0 Å². The summed E-state index contributed by atoms with van der Waals surface area (Å²) in [5, 5.41) is 0. The number of ketones is 2. The van der Waals surface area contributed by atoms with E-state index < -0.39 is 4.45 Å². The number of hydrogen-bond donors (Lipinski definition) is 1. The lowest BCUT2D eigenvalue weighted by atomic mass is 9.78. The van der Waals surface area contributed by atoms with Crippen LogP contribution < -0.4 is 5.73 Å². The second-order valence-corrected chi connectivity index (χ2v) is 7.06. The second kappa shape index (κ2) is 4.23. The van der Waals surface area contributed by atoms with Crippen molar-refractivity contribution in [2.45, 2.75) is 10.9 Å². The number of halogens is 2. The number of alkyl halides is 1. The zero-order chi connectivity index (χ0) is 13.8. The number of nitrogens with two attached hydrogens (primary N) is 1. The molecule has 0 fully saturated rings. The Hall–Kier alpha value is -1.04. The predicted molar refractivity (Wildman–Crippen MR) is 79.6 cm³/mol. The Balaban J connectivity index is 2.31. The molecule has 0 saturated carbocycles. The predicted octanol–water partition coefficient (Wildman–Crippen LogP) is 3.09. The topological polar surface area (TPSA) is 60.2 Å². The Morgan fingerprint density at radius 2 is 1.68 bits per heavy atom. The first kappa shape index (κ1) is 13.0. The van der Waals surface area contributed by atoms with Gasteiger partial charge in [0.15, 0.2) is 11.6 Å². The lowest BCUT2D eigenvalue weighted by Gasteiger charge is -2.33. The summed E-state index contributed by atoms with van der Waals surface area (Å²) in [6.07, 6.45) is 2.13. The van der Waals surface area contributed by atoms with Crippen molar-refractivity contribution in [2.24, 2.45) is 5.73 Å². The average molecular weight is 383 g/mol. The summed E-state index contributed by atoms with van der Waals surface area (Å²) in [7, 11) is 0. The van der Waals surface area contributed by atoms with Crippen LogP contribution in [0, 0.1) is 0 Å². The van der Waals surface area contributed by atoms with E-state index in [1.807, 2.05) is 0 Å². The molecule has 1 unspecified atom stereocenters. The van der Waals surface area contributed by atoms with Gasteiger partial charge >= 0.3 is 0 Å². The minimum atomic E-state index is -1.00. The van der Waals surface area contributed by atoms with E-state index in [9.17, 15) is 9.59 Å². The van der Waals surface area contributed by atoms with Crippen LogP contribution in [0.1, 0.15) is 27.1 Å². The van der Waals surface area contributed by atoms with Crippen LogP contribution >= 0.6 is 31.9 Å². The molecule has 0 spiro atoms. The molecule has 0 bridgehead atoms. The maximum absolute atomic E-state index is 12.6. The van der Waals surface area contributed by atoms with Crippen molar-refractivity contribution in [1.29, 1.82) is 0 Å². The largest absolute Gasteiger partial charge is 0.312 e. The van der Waals surface area contributed by atoms with Gasteiger partial charge in [-0.2, -0.15) is 0 Å². The summed E-state index contributed by atoms with van der Waals surface area (Å²) in [5.41, 5.74) is 7.73. The molecule has 3 nitrogen and oxygen atoms in total. The van der Waals surface area contributed by atoms with Gasteiger partial charge in [-0.1, -0.05) is 56.1 Å². The van der Waals surface area contributed by atoms with E-state index in [4.69, 9.17) is 5.73 Å². The summed E-state index contributed by atoms with van der Waals surface area (Å²) < 4.78 is -0.206. The lowest BCUT2D eigenvalue weighted by molar-refractivity contribution is 0.0970. The highest BCUT2D eigenvalue weighted by atomic mass is 79.9. The highest BCUT2D eigenvalue weighted by Gasteiger charge is 2.43. The highest BCUT2D eigenvalue weighted by molar-refractivity contribution is 9.12. The van der Waals surface area contributed by atoms with E-state index in [1.54, 1.807) is 30.3 Å². The van der Waals surface area contributed by atoms with Gasteiger partial charge < -0.3 is 5.73 Å². The number of Topliss-reactive ketones (excluding diaryl/α,β-unsaturated/α-hetero) is 2. The number of carbonyl (C=O) groups excluding carboxylic acids is 2. The first-order valence-corrected chi connectivity index (χ1v) is 7.27. The van der Waals surface area contributed by atoms with Crippen LogP contribution in [0.3, 0.4) is 0 Å². The summed E-state index contributed by atoms with van der Waals surface area (Å²) >= 11 is 6.74. The molecule has 3 rings (SSSR count). The van der Waals surface area contributed by atoms with Gasteiger partial charge in [0.2, 0.25) is 0 Å². The van der Waals surface area contributed by atoms with Crippen molar-refractivity contribution in [1.82, 2.24) is 0 Å². The van der Waals surface area contributed by atoms with Gasteiger partial charge in [0.1, 0.15) is 4.45 Å².